The van der Waals surface area contributed by atoms with E-state index in [-0.39, 0.29) is 29.5 Å². The third-order valence-electron chi connectivity index (χ3n) is 6.22. The van der Waals surface area contributed by atoms with Crippen molar-refractivity contribution in [3.63, 3.8) is 0 Å². The second-order valence-electron chi connectivity index (χ2n) is 9.03. The highest BCUT2D eigenvalue weighted by atomic mass is 79.9. The molecule has 1 aromatic heterocycles. The highest BCUT2D eigenvalue weighted by Crippen LogP contribution is 2.31. The summed E-state index contributed by atoms with van der Waals surface area (Å²) < 4.78 is 17.1. The first-order valence-electron chi connectivity index (χ1n) is 12.5. The van der Waals surface area contributed by atoms with Gasteiger partial charge in [0.25, 0.3) is 5.91 Å². The Kier molecular flexibility index (Phi) is 8.07. The van der Waals surface area contributed by atoms with Crippen LogP contribution in [0.25, 0.3) is 22.1 Å². The normalized spacial score (nSPS) is 11.6. The van der Waals surface area contributed by atoms with Crippen molar-refractivity contribution < 1.29 is 23.5 Å². The standard InChI is InChI=1S/C32H24BrNO6/c1-20(21-8-4-2-5-9-21)34-31(36)26-16-24-12-14-25(18-29(24)40-32(26)37)39-30(35)19-38-28-15-13-23(17-27(28)33)22-10-6-3-7-11-22/h2-18,20H,19H2,1H3,(H,34,36). The molecule has 5 aromatic rings. The van der Waals surface area contributed by atoms with Gasteiger partial charge in [-0.2, -0.15) is 0 Å². The topological polar surface area (TPSA) is 94.8 Å². The van der Waals surface area contributed by atoms with E-state index < -0.39 is 17.5 Å². The maximum Gasteiger partial charge on any atom is 0.349 e. The van der Waals surface area contributed by atoms with Crippen LogP contribution in [0.1, 0.15) is 28.9 Å². The molecule has 0 aliphatic heterocycles. The highest BCUT2D eigenvalue weighted by molar-refractivity contribution is 9.10. The Morgan fingerprint density at radius 2 is 1.60 bits per heavy atom. The largest absolute Gasteiger partial charge is 0.481 e. The van der Waals surface area contributed by atoms with Crippen LogP contribution in [0.2, 0.25) is 0 Å². The molecule has 0 radical (unpaired) electrons. The van der Waals surface area contributed by atoms with E-state index in [1.165, 1.54) is 12.1 Å². The molecule has 1 unspecified atom stereocenters. The van der Waals surface area contributed by atoms with Crippen molar-refractivity contribution in [3.05, 3.63) is 129 Å². The molecule has 4 aromatic carbocycles. The number of fused-ring (bicyclic) bond motifs is 1. The summed E-state index contributed by atoms with van der Waals surface area (Å²) in [5.41, 5.74) is 2.26. The van der Waals surface area contributed by atoms with Crippen LogP contribution in [0.5, 0.6) is 11.5 Å². The monoisotopic (exact) mass is 597 g/mol. The van der Waals surface area contributed by atoms with E-state index in [0.29, 0.717) is 15.6 Å². The zero-order valence-corrected chi connectivity index (χ0v) is 23.0. The second kappa shape index (κ2) is 12.0. The van der Waals surface area contributed by atoms with Gasteiger partial charge in [-0.15, -0.1) is 0 Å². The number of carbonyl (C=O) groups excluding carboxylic acids is 2. The molecular weight excluding hydrogens is 574 g/mol. The Bertz CT molecular complexity index is 1730. The van der Waals surface area contributed by atoms with Crippen LogP contribution in [-0.2, 0) is 4.79 Å². The van der Waals surface area contributed by atoms with E-state index in [0.717, 1.165) is 16.7 Å². The molecule has 1 heterocycles. The van der Waals surface area contributed by atoms with Crippen molar-refractivity contribution in [2.24, 2.45) is 0 Å². The van der Waals surface area contributed by atoms with Crippen molar-refractivity contribution in [1.82, 2.24) is 5.32 Å². The summed E-state index contributed by atoms with van der Waals surface area (Å²) in [5, 5.41) is 3.32. The van der Waals surface area contributed by atoms with Gasteiger partial charge in [0, 0.05) is 11.5 Å². The summed E-state index contributed by atoms with van der Waals surface area (Å²) in [4.78, 5) is 37.8. The first-order valence-corrected chi connectivity index (χ1v) is 13.3. The molecule has 0 spiro atoms. The van der Waals surface area contributed by atoms with Crippen molar-refractivity contribution in [2.75, 3.05) is 6.61 Å². The molecule has 1 N–H and O–H groups in total. The lowest BCUT2D eigenvalue weighted by atomic mass is 10.1. The van der Waals surface area contributed by atoms with Crippen LogP contribution in [0.4, 0.5) is 0 Å². The van der Waals surface area contributed by atoms with Crippen molar-refractivity contribution >= 4 is 38.8 Å². The quantitative estimate of drug-likeness (QED) is 0.121. The van der Waals surface area contributed by atoms with Crippen molar-refractivity contribution in [1.29, 1.82) is 0 Å². The summed E-state index contributed by atoms with van der Waals surface area (Å²) in [5.74, 6) is -0.500. The van der Waals surface area contributed by atoms with Gasteiger partial charge in [0.05, 0.1) is 10.5 Å². The van der Waals surface area contributed by atoms with Crippen LogP contribution in [0.3, 0.4) is 0 Å². The van der Waals surface area contributed by atoms with E-state index >= 15 is 0 Å². The summed E-state index contributed by atoms with van der Waals surface area (Å²) in [7, 11) is 0. The highest BCUT2D eigenvalue weighted by Gasteiger charge is 2.17. The predicted molar refractivity (Wildman–Crippen MR) is 156 cm³/mol. The molecule has 0 saturated heterocycles. The lowest BCUT2D eigenvalue weighted by molar-refractivity contribution is -0.136. The van der Waals surface area contributed by atoms with Crippen LogP contribution in [0.15, 0.2) is 117 Å². The SMILES string of the molecule is CC(NC(=O)c1cc2ccc(OC(=O)COc3ccc(-c4ccccc4)cc3Br)cc2oc1=O)c1ccccc1. The average Bonchev–Trinajstić information content (AvgIpc) is 2.97. The molecular formula is C32H24BrNO6. The maximum atomic E-state index is 12.8. The first kappa shape index (κ1) is 26.9. The van der Waals surface area contributed by atoms with Crippen molar-refractivity contribution in [2.45, 2.75) is 13.0 Å². The van der Waals surface area contributed by atoms with Crippen LogP contribution in [-0.4, -0.2) is 18.5 Å². The van der Waals surface area contributed by atoms with Crippen LogP contribution >= 0.6 is 15.9 Å². The molecule has 200 valence electrons. The van der Waals surface area contributed by atoms with Crippen molar-refractivity contribution in [3.8, 4) is 22.6 Å². The number of halogens is 1. The molecule has 40 heavy (non-hydrogen) atoms. The number of ether oxygens (including phenoxy) is 2. The van der Waals surface area contributed by atoms with E-state index in [1.807, 2.05) is 79.7 Å². The van der Waals surface area contributed by atoms with E-state index in [4.69, 9.17) is 13.9 Å². The third-order valence-corrected chi connectivity index (χ3v) is 6.84. The smallest absolute Gasteiger partial charge is 0.349 e. The lowest BCUT2D eigenvalue weighted by Crippen LogP contribution is -2.30. The van der Waals surface area contributed by atoms with Crippen LogP contribution < -0.4 is 20.4 Å². The minimum atomic E-state index is -0.791. The van der Waals surface area contributed by atoms with E-state index in [1.54, 1.807) is 18.2 Å². The molecule has 0 aliphatic carbocycles. The number of benzene rings is 4. The fourth-order valence-corrected chi connectivity index (χ4v) is 4.63. The number of amides is 1. The predicted octanol–water partition coefficient (Wildman–Crippen LogP) is 6.70. The number of hydrogen-bond acceptors (Lipinski definition) is 6. The summed E-state index contributed by atoms with van der Waals surface area (Å²) in [6.45, 7) is 1.50. The maximum absolute atomic E-state index is 12.8. The van der Waals surface area contributed by atoms with Crippen LogP contribution in [0, 0.1) is 0 Å². The minimum Gasteiger partial charge on any atom is -0.481 e. The number of carbonyl (C=O) groups is 2. The molecule has 0 bridgehead atoms. The second-order valence-corrected chi connectivity index (χ2v) is 9.88. The number of esters is 1. The molecule has 0 aliphatic rings. The zero-order valence-electron chi connectivity index (χ0n) is 21.4. The summed E-state index contributed by atoms with van der Waals surface area (Å²) in [6.07, 6.45) is 0. The van der Waals surface area contributed by atoms with Gasteiger partial charge in [0.1, 0.15) is 22.6 Å². The minimum absolute atomic E-state index is 0.114. The zero-order chi connectivity index (χ0) is 28.1. The molecule has 0 saturated carbocycles. The Morgan fingerprint density at radius 1 is 0.875 bits per heavy atom. The van der Waals surface area contributed by atoms with Gasteiger partial charge in [0.2, 0.25) is 0 Å². The summed E-state index contributed by atoms with van der Waals surface area (Å²) >= 11 is 3.49. The van der Waals surface area contributed by atoms with E-state index in [9.17, 15) is 14.4 Å². The van der Waals surface area contributed by atoms with Gasteiger partial charge >= 0.3 is 11.6 Å². The van der Waals surface area contributed by atoms with Gasteiger partial charge < -0.3 is 19.2 Å². The Morgan fingerprint density at radius 3 is 2.33 bits per heavy atom. The third kappa shape index (κ3) is 6.30. The molecule has 5 rings (SSSR count). The van der Waals surface area contributed by atoms with Gasteiger partial charge in [-0.3, -0.25) is 4.79 Å². The fourth-order valence-electron chi connectivity index (χ4n) is 4.14. The summed E-state index contributed by atoms with van der Waals surface area (Å²) in [6, 6.07) is 30.7. The number of hydrogen-bond donors (Lipinski definition) is 1. The van der Waals surface area contributed by atoms with E-state index in [2.05, 4.69) is 21.2 Å². The number of rotatable bonds is 8. The molecule has 1 atom stereocenters. The van der Waals surface area contributed by atoms with Gasteiger partial charge in [0.15, 0.2) is 6.61 Å². The lowest BCUT2D eigenvalue weighted by Gasteiger charge is -2.14. The van der Waals surface area contributed by atoms with Gasteiger partial charge in [-0.05, 0) is 69.9 Å². The first-order chi connectivity index (χ1) is 19.4. The Hall–Kier alpha value is -4.69. The average molecular weight is 598 g/mol. The van der Waals surface area contributed by atoms with Gasteiger partial charge in [-0.25, -0.2) is 9.59 Å². The molecule has 8 heteroatoms. The Labute approximate surface area is 238 Å². The fraction of sp³-hybridized carbons (Fsp3) is 0.0938. The number of nitrogens with one attached hydrogen (secondary N) is 1. The Balaban J connectivity index is 1.22. The molecule has 7 nitrogen and oxygen atoms in total. The molecule has 1 amide bonds. The molecule has 0 fully saturated rings. The van der Waals surface area contributed by atoms with Gasteiger partial charge in [-0.1, -0.05) is 66.7 Å².